The van der Waals surface area contributed by atoms with Crippen molar-refractivity contribution >= 4 is 17.3 Å². The Bertz CT molecular complexity index is 644. The molecule has 0 unspecified atom stereocenters. The van der Waals surface area contributed by atoms with Gasteiger partial charge in [0.05, 0.1) is 5.69 Å². The normalized spacial score (nSPS) is 15.6. The van der Waals surface area contributed by atoms with E-state index in [-0.39, 0.29) is 5.82 Å². The molecule has 2 nitrogen and oxygen atoms in total. The zero-order valence-electron chi connectivity index (χ0n) is 9.56. The van der Waals surface area contributed by atoms with E-state index in [4.69, 9.17) is 4.74 Å². The highest BCUT2D eigenvalue weighted by Crippen LogP contribution is 2.30. The SMILES string of the molecule is C=C1O/C(=N\c2ccc(F)cc2)c2ccccc21. The molecule has 3 heteroatoms. The number of aliphatic imine (C=N–C) groups is 1. The van der Waals surface area contributed by atoms with Crippen LogP contribution in [0.3, 0.4) is 0 Å². The Labute approximate surface area is 104 Å². The molecule has 2 aromatic carbocycles. The van der Waals surface area contributed by atoms with Crippen LogP contribution in [0, 0.1) is 5.82 Å². The number of benzene rings is 2. The average Bonchev–Trinajstić information content (AvgIpc) is 2.70. The second-order valence-corrected chi connectivity index (χ2v) is 3.96. The van der Waals surface area contributed by atoms with Gasteiger partial charge in [0.25, 0.3) is 0 Å². The Hall–Kier alpha value is -2.42. The molecule has 0 aromatic heterocycles. The Morgan fingerprint density at radius 3 is 2.33 bits per heavy atom. The lowest BCUT2D eigenvalue weighted by atomic mass is 10.1. The van der Waals surface area contributed by atoms with Crippen molar-refractivity contribution in [2.24, 2.45) is 4.99 Å². The van der Waals surface area contributed by atoms with Crippen molar-refractivity contribution in [1.29, 1.82) is 0 Å². The summed E-state index contributed by atoms with van der Waals surface area (Å²) in [6.07, 6.45) is 0. The van der Waals surface area contributed by atoms with Crippen molar-refractivity contribution in [3.63, 3.8) is 0 Å². The molecule has 0 amide bonds. The Morgan fingerprint density at radius 2 is 1.61 bits per heavy atom. The molecule has 88 valence electrons. The van der Waals surface area contributed by atoms with Gasteiger partial charge in [0.1, 0.15) is 11.6 Å². The fraction of sp³-hybridized carbons (Fsp3) is 0. The predicted molar refractivity (Wildman–Crippen MR) is 69.2 cm³/mol. The first-order chi connectivity index (χ1) is 8.74. The molecule has 0 N–H and O–H groups in total. The van der Waals surface area contributed by atoms with Gasteiger partial charge in [-0.1, -0.05) is 24.8 Å². The molecule has 2 aromatic rings. The third kappa shape index (κ3) is 1.80. The van der Waals surface area contributed by atoms with Crippen molar-refractivity contribution in [3.05, 3.63) is 72.1 Å². The zero-order valence-corrected chi connectivity index (χ0v) is 9.56. The molecule has 1 aliphatic heterocycles. The summed E-state index contributed by atoms with van der Waals surface area (Å²) in [5.41, 5.74) is 2.50. The van der Waals surface area contributed by atoms with Crippen LogP contribution in [-0.4, -0.2) is 5.90 Å². The first-order valence-electron chi connectivity index (χ1n) is 5.55. The van der Waals surface area contributed by atoms with Gasteiger partial charge < -0.3 is 4.74 Å². The van der Waals surface area contributed by atoms with Gasteiger partial charge in [-0.2, -0.15) is 0 Å². The summed E-state index contributed by atoms with van der Waals surface area (Å²) in [5, 5.41) is 0. The molecule has 0 fully saturated rings. The lowest BCUT2D eigenvalue weighted by Crippen LogP contribution is -1.95. The highest BCUT2D eigenvalue weighted by Gasteiger charge is 2.22. The average molecular weight is 239 g/mol. The Balaban J connectivity index is 2.04. The monoisotopic (exact) mass is 239 g/mol. The maximum atomic E-state index is 12.8. The van der Waals surface area contributed by atoms with E-state index < -0.39 is 0 Å². The van der Waals surface area contributed by atoms with E-state index in [1.54, 1.807) is 12.1 Å². The quantitative estimate of drug-likeness (QED) is 0.739. The molecule has 0 aliphatic carbocycles. The van der Waals surface area contributed by atoms with E-state index in [1.807, 2.05) is 24.3 Å². The highest BCUT2D eigenvalue weighted by atomic mass is 19.1. The lowest BCUT2D eigenvalue weighted by molar-refractivity contribution is 0.527. The van der Waals surface area contributed by atoms with Crippen LogP contribution in [0.1, 0.15) is 11.1 Å². The summed E-state index contributed by atoms with van der Waals surface area (Å²) in [7, 11) is 0. The maximum absolute atomic E-state index is 12.8. The van der Waals surface area contributed by atoms with Crippen LogP contribution in [0.2, 0.25) is 0 Å². The van der Waals surface area contributed by atoms with Crippen molar-refractivity contribution in [2.75, 3.05) is 0 Å². The molecular formula is C15H10FNO. The smallest absolute Gasteiger partial charge is 0.227 e. The summed E-state index contributed by atoms with van der Waals surface area (Å²) in [6, 6.07) is 13.7. The summed E-state index contributed by atoms with van der Waals surface area (Å²) >= 11 is 0. The topological polar surface area (TPSA) is 21.6 Å². The molecule has 1 heterocycles. The van der Waals surface area contributed by atoms with E-state index in [0.717, 1.165) is 11.1 Å². The molecule has 3 rings (SSSR count). The molecule has 18 heavy (non-hydrogen) atoms. The van der Waals surface area contributed by atoms with E-state index in [1.165, 1.54) is 12.1 Å². The first-order valence-corrected chi connectivity index (χ1v) is 5.55. The molecule has 0 saturated carbocycles. The van der Waals surface area contributed by atoms with Crippen LogP contribution >= 0.6 is 0 Å². The van der Waals surface area contributed by atoms with Gasteiger partial charge in [0, 0.05) is 11.1 Å². The number of nitrogens with zero attached hydrogens (tertiary/aromatic N) is 1. The van der Waals surface area contributed by atoms with Gasteiger partial charge in [0.15, 0.2) is 0 Å². The van der Waals surface area contributed by atoms with Gasteiger partial charge in [-0.25, -0.2) is 9.38 Å². The minimum absolute atomic E-state index is 0.281. The molecule has 0 bridgehead atoms. The summed E-state index contributed by atoms with van der Waals surface area (Å²) in [6.45, 7) is 3.84. The van der Waals surface area contributed by atoms with E-state index in [2.05, 4.69) is 11.6 Å². The molecular weight excluding hydrogens is 229 g/mol. The van der Waals surface area contributed by atoms with Gasteiger partial charge in [-0.05, 0) is 30.3 Å². The van der Waals surface area contributed by atoms with Gasteiger partial charge in [-0.15, -0.1) is 0 Å². The molecule has 1 aliphatic rings. The van der Waals surface area contributed by atoms with Crippen LogP contribution in [0.5, 0.6) is 0 Å². The number of halogens is 1. The fourth-order valence-corrected chi connectivity index (χ4v) is 1.86. The Kier molecular flexibility index (Phi) is 2.45. The third-order valence-corrected chi connectivity index (χ3v) is 2.74. The highest BCUT2D eigenvalue weighted by molar-refractivity contribution is 6.06. The number of hydrogen-bond acceptors (Lipinski definition) is 2. The van der Waals surface area contributed by atoms with Crippen LogP contribution < -0.4 is 0 Å². The van der Waals surface area contributed by atoms with Gasteiger partial charge in [0.2, 0.25) is 5.90 Å². The van der Waals surface area contributed by atoms with Gasteiger partial charge >= 0.3 is 0 Å². The number of rotatable bonds is 1. The standard InChI is InChI=1S/C15H10FNO/c1-10-13-4-2-3-5-14(13)15(18-10)17-12-8-6-11(16)7-9-12/h2-9H,1H2/b17-15-. The number of fused-ring (bicyclic) bond motifs is 1. The van der Waals surface area contributed by atoms with E-state index >= 15 is 0 Å². The molecule has 0 atom stereocenters. The molecule has 0 spiro atoms. The first kappa shape index (κ1) is 10.7. The molecule has 0 saturated heterocycles. The van der Waals surface area contributed by atoms with E-state index in [9.17, 15) is 4.39 Å². The lowest BCUT2D eigenvalue weighted by Gasteiger charge is -1.99. The van der Waals surface area contributed by atoms with Crippen molar-refractivity contribution in [2.45, 2.75) is 0 Å². The van der Waals surface area contributed by atoms with Crippen LogP contribution in [0.25, 0.3) is 5.76 Å². The summed E-state index contributed by atoms with van der Waals surface area (Å²) in [5.74, 6) is 0.810. The Morgan fingerprint density at radius 1 is 0.944 bits per heavy atom. The van der Waals surface area contributed by atoms with Crippen molar-refractivity contribution < 1.29 is 9.13 Å². The van der Waals surface area contributed by atoms with Crippen molar-refractivity contribution in [1.82, 2.24) is 0 Å². The van der Waals surface area contributed by atoms with Crippen LogP contribution in [-0.2, 0) is 4.74 Å². The molecule has 0 radical (unpaired) electrons. The maximum Gasteiger partial charge on any atom is 0.227 e. The van der Waals surface area contributed by atoms with Crippen LogP contribution in [0.15, 0.2) is 60.1 Å². The largest absolute Gasteiger partial charge is 0.438 e. The minimum Gasteiger partial charge on any atom is -0.438 e. The zero-order chi connectivity index (χ0) is 12.5. The van der Waals surface area contributed by atoms with Crippen molar-refractivity contribution in [3.8, 4) is 0 Å². The van der Waals surface area contributed by atoms with E-state index in [0.29, 0.717) is 17.3 Å². The summed E-state index contributed by atoms with van der Waals surface area (Å²) in [4.78, 5) is 4.36. The minimum atomic E-state index is -0.281. The number of ether oxygens (including phenoxy) is 1. The summed E-state index contributed by atoms with van der Waals surface area (Å²) < 4.78 is 18.3. The second kappa shape index (κ2) is 4.11. The van der Waals surface area contributed by atoms with Crippen LogP contribution in [0.4, 0.5) is 10.1 Å². The predicted octanol–water partition coefficient (Wildman–Crippen LogP) is 3.90. The number of hydrogen-bond donors (Lipinski definition) is 0. The second-order valence-electron chi connectivity index (χ2n) is 3.96. The fourth-order valence-electron chi connectivity index (χ4n) is 1.86. The third-order valence-electron chi connectivity index (χ3n) is 2.74. The van der Waals surface area contributed by atoms with Gasteiger partial charge in [-0.3, -0.25) is 0 Å².